The molecule has 1 amide bonds. The standard InChI is InChI=1S/C20H18N2O/c1-3-6-15-11-10-14(2)13-17(15)20(23)22-18-9-4-7-16-8-5-12-21-19(16)18/h3-5,7-13H,1,6H2,2H3,(H,22,23). The monoisotopic (exact) mass is 302 g/mol. The topological polar surface area (TPSA) is 42.0 Å². The van der Waals surface area contributed by atoms with Crippen LogP contribution in [0.4, 0.5) is 5.69 Å². The van der Waals surface area contributed by atoms with Crippen molar-refractivity contribution >= 4 is 22.5 Å². The molecule has 0 spiro atoms. The molecular formula is C20H18N2O. The second-order valence-electron chi connectivity index (χ2n) is 5.49. The van der Waals surface area contributed by atoms with E-state index in [1.54, 1.807) is 12.3 Å². The molecular weight excluding hydrogens is 284 g/mol. The predicted molar refractivity (Wildman–Crippen MR) is 94.8 cm³/mol. The van der Waals surface area contributed by atoms with Gasteiger partial charge in [0.05, 0.1) is 11.2 Å². The quantitative estimate of drug-likeness (QED) is 0.720. The molecule has 0 aliphatic heterocycles. The van der Waals surface area contributed by atoms with Gasteiger partial charge in [0.25, 0.3) is 5.91 Å². The lowest BCUT2D eigenvalue weighted by atomic mass is 10.0. The highest BCUT2D eigenvalue weighted by atomic mass is 16.1. The number of carbonyl (C=O) groups excluding carboxylic acids is 1. The molecule has 2 aromatic carbocycles. The average Bonchev–Trinajstić information content (AvgIpc) is 2.57. The second kappa shape index (κ2) is 6.44. The van der Waals surface area contributed by atoms with Crippen molar-refractivity contribution < 1.29 is 4.79 Å². The maximum atomic E-state index is 12.7. The van der Waals surface area contributed by atoms with Gasteiger partial charge in [-0.1, -0.05) is 42.0 Å². The minimum absolute atomic E-state index is 0.122. The van der Waals surface area contributed by atoms with Gasteiger partial charge in [-0.15, -0.1) is 6.58 Å². The third-order valence-corrected chi connectivity index (χ3v) is 3.76. The smallest absolute Gasteiger partial charge is 0.256 e. The van der Waals surface area contributed by atoms with Crippen molar-refractivity contribution in [2.45, 2.75) is 13.3 Å². The van der Waals surface area contributed by atoms with Crippen LogP contribution >= 0.6 is 0 Å². The zero-order valence-electron chi connectivity index (χ0n) is 13.0. The number of benzene rings is 2. The van der Waals surface area contributed by atoms with Gasteiger partial charge in [-0.3, -0.25) is 9.78 Å². The molecule has 0 bridgehead atoms. The lowest BCUT2D eigenvalue weighted by Gasteiger charge is -2.11. The van der Waals surface area contributed by atoms with E-state index < -0.39 is 0 Å². The van der Waals surface area contributed by atoms with E-state index in [0.717, 1.165) is 27.7 Å². The van der Waals surface area contributed by atoms with E-state index in [1.807, 2.05) is 55.5 Å². The Morgan fingerprint density at radius 3 is 2.87 bits per heavy atom. The van der Waals surface area contributed by atoms with Crippen LogP contribution in [0.5, 0.6) is 0 Å². The first-order valence-electron chi connectivity index (χ1n) is 7.54. The van der Waals surface area contributed by atoms with E-state index in [9.17, 15) is 4.79 Å². The third-order valence-electron chi connectivity index (χ3n) is 3.76. The van der Waals surface area contributed by atoms with Crippen LogP contribution < -0.4 is 5.32 Å². The van der Waals surface area contributed by atoms with Crippen molar-refractivity contribution in [2.75, 3.05) is 5.32 Å². The number of rotatable bonds is 4. The van der Waals surface area contributed by atoms with Gasteiger partial charge in [-0.2, -0.15) is 0 Å². The summed E-state index contributed by atoms with van der Waals surface area (Å²) in [6.07, 6.45) is 4.20. The molecule has 0 aliphatic carbocycles. The number of hydrogen-bond acceptors (Lipinski definition) is 2. The molecule has 3 rings (SSSR count). The molecule has 0 saturated carbocycles. The summed E-state index contributed by atoms with van der Waals surface area (Å²) < 4.78 is 0. The molecule has 114 valence electrons. The van der Waals surface area contributed by atoms with Crippen molar-refractivity contribution in [3.8, 4) is 0 Å². The van der Waals surface area contributed by atoms with E-state index in [-0.39, 0.29) is 5.91 Å². The summed E-state index contributed by atoms with van der Waals surface area (Å²) in [5.41, 5.74) is 4.22. The summed E-state index contributed by atoms with van der Waals surface area (Å²) in [5, 5.41) is 3.99. The van der Waals surface area contributed by atoms with Crippen LogP contribution in [-0.2, 0) is 6.42 Å². The van der Waals surface area contributed by atoms with Crippen LogP contribution in [0.25, 0.3) is 10.9 Å². The Morgan fingerprint density at radius 2 is 2.04 bits per heavy atom. The van der Waals surface area contributed by atoms with Crippen LogP contribution in [0.15, 0.2) is 67.4 Å². The molecule has 3 heteroatoms. The summed E-state index contributed by atoms with van der Waals surface area (Å²) in [4.78, 5) is 17.1. The van der Waals surface area contributed by atoms with Gasteiger partial charge in [-0.05, 0) is 37.1 Å². The molecule has 0 atom stereocenters. The number of carbonyl (C=O) groups is 1. The first kappa shape index (κ1) is 15.0. The van der Waals surface area contributed by atoms with E-state index in [1.165, 1.54) is 0 Å². The number of nitrogens with one attached hydrogen (secondary N) is 1. The molecule has 0 saturated heterocycles. The maximum Gasteiger partial charge on any atom is 0.256 e. The Balaban J connectivity index is 1.98. The summed E-state index contributed by atoms with van der Waals surface area (Å²) in [6.45, 7) is 5.74. The minimum atomic E-state index is -0.122. The Bertz CT molecular complexity index is 878. The fourth-order valence-corrected chi connectivity index (χ4v) is 2.63. The zero-order chi connectivity index (χ0) is 16.2. The Labute approximate surface area is 135 Å². The van der Waals surface area contributed by atoms with Gasteiger partial charge in [0, 0.05) is 17.1 Å². The van der Waals surface area contributed by atoms with Gasteiger partial charge >= 0.3 is 0 Å². The lowest BCUT2D eigenvalue weighted by molar-refractivity contribution is 0.102. The van der Waals surface area contributed by atoms with E-state index in [4.69, 9.17) is 0 Å². The molecule has 0 unspecified atom stereocenters. The highest BCUT2D eigenvalue weighted by Gasteiger charge is 2.13. The summed E-state index contributed by atoms with van der Waals surface area (Å²) in [6, 6.07) is 15.5. The molecule has 1 N–H and O–H groups in total. The van der Waals surface area contributed by atoms with Crippen LogP contribution in [-0.4, -0.2) is 10.9 Å². The van der Waals surface area contributed by atoms with Crippen molar-refractivity contribution in [1.82, 2.24) is 4.98 Å². The van der Waals surface area contributed by atoms with Crippen molar-refractivity contribution in [1.29, 1.82) is 0 Å². The number of aromatic nitrogens is 1. The molecule has 0 fully saturated rings. The molecule has 1 aromatic heterocycles. The number of fused-ring (bicyclic) bond motifs is 1. The predicted octanol–water partition coefficient (Wildman–Crippen LogP) is 4.52. The van der Waals surface area contributed by atoms with E-state index in [2.05, 4.69) is 16.9 Å². The minimum Gasteiger partial charge on any atom is -0.320 e. The number of amides is 1. The van der Waals surface area contributed by atoms with Crippen molar-refractivity contribution in [3.63, 3.8) is 0 Å². The summed E-state index contributed by atoms with van der Waals surface area (Å²) in [5.74, 6) is -0.122. The lowest BCUT2D eigenvalue weighted by Crippen LogP contribution is -2.15. The van der Waals surface area contributed by atoms with Crippen LogP contribution in [0.3, 0.4) is 0 Å². The molecule has 23 heavy (non-hydrogen) atoms. The SMILES string of the molecule is C=CCc1ccc(C)cc1C(=O)Nc1cccc2cccnc12. The zero-order valence-corrected chi connectivity index (χ0v) is 13.0. The van der Waals surface area contributed by atoms with Gasteiger partial charge < -0.3 is 5.32 Å². The normalized spacial score (nSPS) is 10.5. The van der Waals surface area contributed by atoms with Crippen molar-refractivity contribution in [3.05, 3.63) is 84.1 Å². The molecule has 0 aliphatic rings. The van der Waals surface area contributed by atoms with Crippen LogP contribution in [0.1, 0.15) is 21.5 Å². The average molecular weight is 302 g/mol. The fraction of sp³-hybridized carbons (Fsp3) is 0.100. The number of nitrogens with zero attached hydrogens (tertiary/aromatic N) is 1. The molecule has 1 heterocycles. The van der Waals surface area contributed by atoms with Gasteiger partial charge in [0.15, 0.2) is 0 Å². The Kier molecular flexibility index (Phi) is 4.20. The van der Waals surface area contributed by atoms with Gasteiger partial charge in [0.2, 0.25) is 0 Å². The number of pyridine rings is 1. The molecule has 3 nitrogen and oxygen atoms in total. The second-order valence-corrected chi connectivity index (χ2v) is 5.49. The molecule has 3 aromatic rings. The third kappa shape index (κ3) is 3.14. The van der Waals surface area contributed by atoms with Gasteiger partial charge in [0.1, 0.15) is 0 Å². The number of para-hydroxylation sites is 1. The number of hydrogen-bond donors (Lipinski definition) is 1. The van der Waals surface area contributed by atoms with Crippen LogP contribution in [0, 0.1) is 6.92 Å². The Morgan fingerprint density at radius 1 is 1.22 bits per heavy atom. The molecule has 0 radical (unpaired) electrons. The van der Waals surface area contributed by atoms with Gasteiger partial charge in [-0.25, -0.2) is 0 Å². The highest BCUT2D eigenvalue weighted by Crippen LogP contribution is 2.22. The number of aryl methyl sites for hydroxylation is 1. The first-order chi connectivity index (χ1) is 11.2. The van der Waals surface area contributed by atoms with E-state index >= 15 is 0 Å². The Hall–Kier alpha value is -2.94. The summed E-state index contributed by atoms with van der Waals surface area (Å²) in [7, 11) is 0. The first-order valence-corrected chi connectivity index (χ1v) is 7.54. The summed E-state index contributed by atoms with van der Waals surface area (Å²) >= 11 is 0. The van der Waals surface area contributed by atoms with Crippen LogP contribution in [0.2, 0.25) is 0 Å². The van der Waals surface area contributed by atoms with E-state index in [0.29, 0.717) is 12.0 Å². The van der Waals surface area contributed by atoms with Crippen molar-refractivity contribution in [2.24, 2.45) is 0 Å². The number of anilines is 1. The number of allylic oxidation sites excluding steroid dienone is 1. The largest absolute Gasteiger partial charge is 0.320 e. The highest BCUT2D eigenvalue weighted by molar-refractivity contribution is 6.09. The maximum absolute atomic E-state index is 12.7. The fourth-order valence-electron chi connectivity index (χ4n) is 2.63.